The summed E-state index contributed by atoms with van der Waals surface area (Å²) < 4.78 is 1.58. The van der Waals surface area contributed by atoms with Crippen LogP contribution in [0.15, 0.2) is 12.3 Å². The van der Waals surface area contributed by atoms with Crippen molar-refractivity contribution in [2.24, 2.45) is 7.05 Å². The Balaban J connectivity index is 2.47. The summed E-state index contributed by atoms with van der Waals surface area (Å²) in [7, 11) is 3.40. The topological polar surface area (TPSA) is 111 Å². The molecular formula is C10H13N7O2. The zero-order valence-corrected chi connectivity index (χ0v) is 10.7. The maximum Gasteiger partial charge on any atom is 0.332 e. The van der Waals surface area contributed by atoms with E-state index in [4.69, 9.17) is 0 Å². The fourth-order valence-corrected chi connectivity index (χ4v) is 1.59. The van der Waals surface area contributed by atoms with Crippen LogP contribution in [0.25, 0.3) is 0 Å². The zero-order chi connectivity index (χ0) is 14.0. The molecule has 9 heteroatoms. The number of aryl methyl sites for hydroxylation is 2. The fourth-order valence-electron chi connectivity index (χ4n) is 1.59. The first-order valence-electron chi connectivity index (χ1n) is 5.48. The number of nitro groups is 1. The van der Waals surface area contributed by atoms with Crippen LogP contribution < -0.4 is 10.6 Å². The Kier molecular flexibility index (Phi) is 3.27. The largest absolute Gasteiger partial charge is 0.357 e. The van der Waals surface area contributed by atoms with E-state index in [0.29, 0.717) is 11.8 Å². The molecule has 0 aromatic carbocycles. The van der Waals surface area contributed by atoms with Crippen LogP contribution in [0.4, 0.5) is 23.3 Å². The lowest BCUT2D eigenvalue weighted by Crippen LogP contribution is -2.07. The Morgan fingerprint density at radius 1 is 1.42 bits per heavy atom. The summed E-state index contributed by atoms with van der Waals surface area (Å²) in [6.45, 7) is 1.56. The molecule has 0 aliphatic rings. The lowest BCUT2D eigenvalue weighted by molar-refractivity contribution is -0.385. The van der Waals surface area contributed by atoms with Gasteiger partial charge in [-0.05, 0) is 6.92 Å². The van der Waals surface area contributed by atoms with E-state index in [-0.39, 0.29) is 17.2 Å². The summed E-state index contributed by atoms with van der Waals surface area (Å²) in [6.07, 6.45) is 1.72. The molecule has 19 heavy (non-hydrogen) atoms. The van der Waals surface area contributed by atoms with E-state index in [1.54, 1.807) is 38.0 Å². The van der Waals surface area contributed by atoms with Gasteiger partial charge < -0.3 is 10.6 Å². The second kappa shape index (κ2) is 4.88. The van der Waals surface area contributed by atoms with Crippen molar-refractivity contribution in [1.82, 2.24) is 19.7 Å². The monoisotopic (exact) mass is 263 g/mol. The van der Waals surface area contributed by atoms with Gasteiger partial charge in [0.2, 0.25) is 11.8 Å². The predicted octanol–water partition coefficient (Wildman–Crippen LogP) is 1.21. The van der Waals surface area contributed by atoms with Crippen LogP contribution in [0.2, 0.25) is 0 Å². The molecule has 2 aromatic heterocycles. The average molecular weight is 263 g/mol. The van der Waals surface area contributed by atoms with Gasteiger partial charge in [-0.3, -0.25) is 14.8 Å². The standard InChI is InChI=1S/C10H13N7O2/c1-6-8(17(18)19)9(14-10(11-2)12-6)13-7-4-5-16(3)15-7/h4-5H,1-3H3,(H2,11,12,13,14,15). The number of nitrogens with one attached hydrogen (secondary N) is 2. The molecule has 0 saturated heterocycles. The van der Waals surface area contributed by atoms with Crippen LogP contribution in [0.3, 0.4) is 0 Å². The molecule has 0 bridgehead atoms. The summed E-state index contributed by atoms with van der Waals surface area (Å²) in [5.41, 5.74) is 0.118. The van der Waals surface area contributed by atoms with Crippen molar-refractivity contribution in [3.8, 4) is 0 Å². The van der Waals surface area contributed by atoms with Crippen molar-refractivity contribution in [2.45, 2.75) is 6.92 Å². The van der Waals surface area contributed by atoms with Crippen molar-refractivity contribution in [1.29, 1.82) is 0 Å². The van der Waals surface area contributed by atoms with Gasteiger partial charge in [0.05, 0.1) is 4.92 Å². The number of nitrogens with zero attached hydrogens (tertiary/aromatic N) is 5. The van der Waals surface area contributed by atoms with Gasteiger partial charge in [-0.15, -0.1) is 0 Å². The summed E-state index contributed by atoms with van der Waals surface area (Å²) in [6, 6.07) is 1.69. The fraction of sp³-hybridized carbons (Fsp3) is 0.300. The van der Waals surface area contributed by atoms with E-state index >= 15 is 0 Å². The Bertz CT molecular complexity index is 622. The van der Waals surface area contributed by atoms with Crippen LogP contribution in [-0.2, 0) is 7.05 Å². The highest BCUT2D eigenvalue weighted by Crippen LogP contribution is 2.28. The smallest absolute Gasteiger partial charge is 0.332 e. The molecule has 2 heterocycles. The average Bonchev–Trinajstić information content (AvgIpc) is 2.73. The minimum Gasteiger partial charge on any atom is -0.357 e. The molecule has 0 fully saturated rings. The van der Waals surface area contributed by atoms with Crippen molar-refractivity contribution in [2.75, 3.05) is 17.7 Å². The summed E-state index contributed by atoms with van der Waals surface area (Å²) >= 11 is 0. The third kappa shape index (κ3) is 2.59. The predicted molar refractivity (Wildman–Crippen MR) is 69.5 cm³/mol. The van der Waals surface area contributed by atoms with Crippen LogP contribution >= 0.6 is 0 Å². The zero-order valence-electron chi connectivity index (χ0n) is 10.7. The molecule has 0 radical (unpaired) electrons. The number of hydrogen-bond acceptors (Lipinski definition) is 7. The van der Waals surface area contributed by atoms with Gasteiger partial charge in [0.25, 0.3) is 0 Å². The molecule has 0 atom stereocenters. The third-order valence-corrected chi connectivity index (χ3v) is 2.42. The molecule has 0 aliphatic heterocycles. The van der Waals surface area contributed by atoms with Gasteiger partial charge in [-0.2, -0.15) is 10.1 Å². The van der Waals surface area contributed by atoms with Gasteiger partial charge in [0.15, 0.2) is 5.82 Å². The first-order valence-corrected chi connectivity index (χ1v) is 5.48. The molecule has 2 N–H and O–H groups in total. The second-order valence-electron chi connectivity index (χ2n) is 3.84. The molecule has 0 saturated carbocycles. The molecule has 0 spiro atoms. The summed E-state index contributed by atoms with van der Waals surface area (Å²) in [5, 5.41) is 20.8. The molecule has 2 aromatic rings. The molecular weight excluding hydrogens is 250 g/mol. The molecule has 0 aliphatic carbocycles. The molecule has 2 rings (SSSR count). The Morgan fingerprint density at radius 3 is 2.68 bits per heavy atom. The highest BCUT2D eigenvalue weighted by atomic mass is 16.6. The van der Waals surface area contributed by atoms with Crippen LogP contribution in [0, 0.1) is 17.0 Å². The molecule has 100 valence electrons. The molecule has 0 amide bonds. The van der Waals surface area contributed by atoms with Crippen molar-refractivity contribution >= 4 is 23.3 Å². The van der Waals surface area contributed by atoms with E-state index in [0.717, 1.165) is 0 Å². The van der Waals surface area contributed by atoms with E-state index in [2.05, 4.69) is 25.7 Å². The lowest BCUT2D eigenvalue weighted by Gasteiger charge is -2.07. The van der Waals surface area contributed by atoms with Gasteiger partial charge in [0.1, 0.15) is 5.69 Å². The summed E-state index contributed by atoms with van der Waals surface area (Å²) in [5.74, 6) is 0.896. The number of rotatable bonds is 4. The molecule has 9 nitrogen and oxygen atoms in total. The first-order chi connectivity index (χ1) is 9.01. The Labute approximate surface area is 108 Å². The lowest BCUT2D eigenvalue weighted by atomic mass is 10.3. The number of hydrogen-bond donors (Lipinski definition) is 2. The third-order valence-electron chi connectivity index (χ3n) is 2.42. The summed E-state index contributed by atoms with van der Waals surface area (Å²) in [4.78, 5) is 18.6. The van der Waals surface area contributed by atoms with Gasteiger partial charge in [0, 0.05) is 26.4 Å². The van der Waals surface area contributed by atoms with Crippen molar-refractivity contribution in [3.05, 3.63) is 28.1 Å². The van der Waals surface area contributed by atoms with E-state index < -0.39 is 4.92 Å². The minimum absolute atomic E-state index is 0.112. The number of aromatic nitrogens is 4. The minimum atomic E-state index is -0.514. The maximum absolute atomic E-state index is 11.1. The quantitative estimate of drug-likeness (QED) is 0.630. The first kappa shape index (κ1) is 12.7. The van der Waals surface area contributed by atoms with Gasteiger partial charge in [-0.1, -0.05) is 0 Å². The Morgan fingerprint density at radius 2 is 2.16 bits per heavy atom. The second-order valence-corrected chi connectivity index (χ2v) is 3.84. The number of anilines is 3. The maximum atomic E-state index is 11.1. The van der Waals surface area contributed by atoms with Gasteiger partial charge >= 0.3 is 5.69 Å². The van der Waals surface area contributed by atoms with E-state index in [1.165, 1.54) is 0 Å². The van der Waals surface area contributed by atoms with Crippen molar-refractivity contribution < 1.29 is 4.92 Å². The van der Waals surface area contributed by atoms with E-state index in [1.807, 2.05) is 0 Å². The van der Waals surface area contributed by atoms with Gasteiger partial charge in [-0.25, -0.2) is 4.98 Å². The molecule has 0 unspecified atom stereocenters. The normalized spacial score (nSPS) is 10.3. The van der Waals surface area contributed by atoms with E-state index in [9.17, 15) is 10.1 Å². The highest BCUT2D eigenvalue weighted by Gasteiger charge is 2.22. The van der Waals surface area contributed by atoms with Crippen LogP contribution in [0.5, 0.6) is 0 Å². The highest BCUT2D eigenvalue weighted by molar-refractivity contribution is 5.66. The Hall–Kier alpha value is -2.71. The van der Waals surface area contributed by atoms with Crippen LogP contribution in [0.1, 0.15) is 5.69 Å². The van der Waals surface area contributed by atoms with Crippen LogP contribution in [-0.4, -0.2) is 31.7 Å². The SMILES string of the molecule is CNc1nc(C)c([N+](=O)[O-])c(Nc2ccn(C)n2)n1. The van der Waals surface area contributed by atoms with Crippen molar-refractivity contribution in [3.63, 3.8) is 0 Å².